The van der Waals surface area contributed by atoms with Gasteiger partial charge in [-0.05, 0) is 35.0 Å². The van der Waals surface area contributed by atoms with Gasteiger partial charge in [0.1, 0.15) is 0 Å². The molecule has 0 atom stereocenters. The van der Waals surface area contributed by atoms with E-state index in [-0.39, 0.29) is 0 Å². The van der Waals surface area contributed by atoms with Gasteiger partial charge in [-0.15, -0.1) is 0 Å². The van der Waals surface area contributed by atoms with Crippen LogP contribution in [0.4, 0.5) is 0 Å². The number of pyridine rings is 1. The summed E-state index contributed by atoms with van der Waals surface area (Å²) in [4.78, 5) is 0. The smallest absolute Gasteiger partial charge is 0.0542 e. The van der Waals surface area contributed by atoms with E-state index in [9.17, 15) is 0 Å². The Hall–Kier alpha value is -2.06. The summed E-state index contributed by atoms with van der Waals surface area (Å²) in [5, 5.41) is 6.93. The zero-order chi connectivity index (χ0) is 11.9. The van der Waals surface area contributed by atoms with E-state index in [1.165, 1.54) is 27.5 Å². The Labute approximate surface area is 109 Å². The molecule has 0 spiro atoms. The molecule has 0 unspecified atom stereocenters. The summed E-state index contributed by atoms with van der Waals surface area (Å²) >= 11 is 1.74. The van der Waals surface area contributed by atoms with Crippen LogP contribution in [0.3, 0.4) is 0 Å². The van der Waals surface area contributed by atoms with Gasteiger partial charge < -0.3 is 4.40 Å². The molecule has 0 fully saturated rings. The molecule has 0 radical (unpaired) electrons. The number of hydrogen-bond acceptors (Lipinski definition) is 1. The quantitative estimate of drug-likeness (QED) is 0.455. The Kier molecular flexibility index (Phi) is 2.05. The average Bonchev–Trinajstić information content (AvgIpc) is 3.09. The average molecular weight is 249 g/mol. The molecule has 4 rings (SSSR count). The number of aromatic nitrogens is 1. The highest BCUT2D eigenvalue weighted by Gasteiger charge is 2.07. The maximum Gasteiger partial charge on any atom is 0.0542 e. The van der Waals surface area contributed by atoms with Gasteiger partial charge in [0.25, 0.3) is 0 Å². The van der Waals surface area contributed by atoms with Gasteiger partial charge >= 0.3 is 0 Å². The zero-order valence-corrected chi connectivity index (χ0v) is 10.5. The zero-order valence-electron chi connectivity index (χ0n) is 9.71. The van der Waals surface area contributed by atoms with Crippen LogP contribution in [0.5, 0.6) is 0 Å². The van der Waals surface area contributed by atoms with E-state index >= 15 is 0 Å². The summed E-state index contributed by atoms with van der Waals surface area (Å²) in [5.74, 6) is 0. The second kappa shape index (κ2) is 3.72. The SMILES string of the molecule is c1ccc2c(c1)cc(-c1ccsc1)n1cccc21. The molecule has 18 heavy (non-hydrogen) atoms. The lowest BCUT2D eigenvalue weighted by Gasteiger charge is -2.08. The van der Waals surface area contributed by atoms with Crippen molar-refractivity contribution < 1.29 is 0 Å². The molecule has 0 bridgehead atoms. The second-order valence-corrected chi connectivity index (χ2v) is 5.17. The minimum atomic E-state index is 1.26. The Bertz CT molecular complexity index is 825. The molecule has 0 saturated heterocycles. The van der Waals surface area contributed by atoms with Crippen LogP contribution in [0.2, 0.25) is 0 Å². The summed E-state index contributed by atoms with van der Waals surface area (Å²) < 4.78 is 2.27. The van der Waals surface area contributed by atoms with Crippen molar-refractivity contribution in [2.24, 2.45) is 0 Å². The van der Waals surface area contributed by atoms with E-state index in [0.717, 1.165) is 0 Å². The number of thiophene rings is 1. The Morgan fingerprint density at radius 1 is 0.944 bits per heavy atom. The van der Waals surface area contributed by atoms with Crippen molar-refractivity contribution in [2.75, 3.05) is 0 Å². The van der Waals surface area contributed by atoms with E-state index in [1.54, 1.807) is 11.3 Å². The topological polar surface area (TPSA) is 4.41 Å². The first-order chi connectivity index (χ1) is 8.93. The lowest BCUT2D eigenvalue weighted by atomic mass is 10.1. The lowest BCUT2D eigenvalue weighted by Crippen LogP contribution is -1.90. The van der Waals surface area contributed by atoms with E-state index in [0.29, 0.717) is 0 Å². The molecule has 2 heteroatoms. The number of fused-ring (bicyclic) bond motifs is 3. The van der Waals surface area contributed by atoms with Gasteiger partial charge in [0.15, 0.2) is 0 Å². The van der Waals surface area contributed by atoms with Crippen LogP contribution in [-0.4, -0.2) is 4.40 Å². The number of nitrogens with zero attached hydrogens (tertiary/aromatic N) is 1. The molecule has 0 N–H and O–H groups in total. The minimum Gasteiger partial charge on any atom is -0.316 e. The lowest BCUT2D eigenvalue weighted by molar-refractivity contribution is 1.22. The summed E-state index contributed by atoms with van der Waals surface area (Å²) in [5.41, 5.74) is 3.82. The first kappa shape index (κ1) is 9.92. The third-order valence-electron chi connectivity index (χ3n) is 3.35. The summed E-state index contributed by atoms with van der Waals surface area (Å²) in [6.07, 6.45) is 2.13. The first-order valence-electron chi connectivity index (χ1n) is 5.95. The normalized spacial score (nSPS) is 11.3. The van der Waals surface area contributed by atoms with E-state index < -0.39 is 0 Å². The van der Waals surface area contributed by atoms with Crippen molar-refractivity contribution in [3.05, 3.63) is 65.5 Å². The van der Waals surface area contributed by atoms with Crippen LogP contribution in [0.15, 0.2) is 65.5 Å². The van der Waals surface area contributed by atoms with Gasteiger partial charge in [0.2, 0.25) is 0 Å². The predicted octanol–water partition coefficient (Wildman–Crippen LogP) is 4.82. The molecular weight excluding hydrogens is 238 g/mol. The van der Waals surface area contributed by atoms with Crippen molar-refractivity contribution in [1.29, 1.82) is 0 Å². The predicted molar refractivity (Wildman–Crippen MR) is 78.2 cm³/mol. The molecule has 0 saturated carbocycles. The third-order valence-corrected chi connectivity index (χ3v) is 4.04. The fraction of sp³-hybridized carbons (Fsp3) is 0. The Morgan fingerprint density at radius 3 is 2.78 bits per heavy atom. The fourth-order valence-corrected chi connectivity index (χ4v) is 3.17. The summed E-state index contributed by atoms with van der Waals surface area (Å²) in [6.45, 7) is 0. The molecule has 0 aliphatic heterocycles. The molecule has 3 aromatic heterocycles. The summed E-state index contributed by atoms with van der Waals surface area (Å²) in [7, 11) is 0. The molecule has 0 aliphatic rings. The highest BCUT2D eigenvalue weighted by molar-refractivity contribution is 7.08. The van der Waals surface area contributed by atoms with Crippen LogP contribution in [0.25, 0.3) is 27.5 Å². The van der Waals surface area contributed by atoms with Gasteiger partial charge in [0.05, 0.1) is 11.2 Å². The standard InChI is InChI=1S/C16H11NS/c1-2-5-14-12(4-1)10-16(13-7-9-18-11-13)17-8-3-6-15(14)17/h1-11H. The summed E-state index contributed by atoms with van der Waals surface area (Å²) in [6, 6.07) is 17.3. The van der Waals surface area contributed by atoms with Crippen molar-refractivity contribution >= 4 is 27.6 Å². The molecule has 0 amide bonds. The largest absolute Gasteiger partial charge is 0.316 e. The monoisotopic (exact) mass is 249 g/mol. The molecule has 1 nitrogen and oxygen atoms in total. The van der Waals surface area contributed by atoms with E-state index in [1.807, 2.05) is 0 Å². The highest BCUT2D eigenvalue weighted by atomic mass is 32.1. The highest BCUT2D eigenvalue weighted by Crippen LogP contribution is 2.29. The van der Waals surface area contributed by atoms with E-state index in [4.69, 9.17) is 0 Å². The molecule has 1 aromatic carbocycles. The Balaban J connectivity index is 2.21. The van der Waals surface area contributed by atoms with Crippen LogP contribution in [0.1, 0.15) is 0 Å². The van der Waals surface area contributed by atoms with Crippen LogP contribution in [-0.2, 0) is 0 Å². The van der Waals surface area contributed by atoms with Crippen molar-refractivity contribution in [3.8, 4) is 11.3 Å². The van der Waals surface area contributed by atoms with Gasteiger partial charge in [-0.25, -0.2) is 0 Å². The van der Waals surface area contributed by atoms with Gasteiger partial charge in [-0.2, -0.15) is 11.3 Å². The van der Waals surface area contributed by atoms with Gasteiger partial charge in [-0.3, -0.25) is 0 Å². The Morgan fingerprint density at radius 2 is 1.89 bits per heavy atom. The maximum atomic E-state index is 2.27. The second-order valence-electron chi connectivity index (χ2n) is 4.39. The number of benzene rings is 1. The van der Waals surface area contributed by atoms with Crippen LogP contribution >= 0.6 is 11.3 Å². The minimum absolute atomic E-state index is 1.26. The molecule has 86 valence electrons. The van der Waals surface area contributed by atoms with Crippen molar-refractivity contribution in [2.45, 2.75) is 0 Å². The van der Waals surface area contributed by atoms with Gasteiger partial charge in [-0.1, -0.05) is 24.3 Å². The maximum absolute atomic E-state index is 2.27. The molecular formula is C16H11NS. The van der Waals surface area contributed by atoms with E-state index in [2.05, 4.69) is 69.9 Å². The third kappa shape index (κ3) is 1.33. The van der Waals surface area contributed by atoms with Crippen LogP contribution in [0, 0.1) is 0 Å². The first-order valence-corrected chi connectivity index (χ1v) is 6.89. The van der Waals surface area contributed by atoms with Gasteiger partial charge in [0, 0.05) is 22.5 Å². The fourth-order valence-electron chi connectivity index (χ4n) is 2.52. The molecule has 3 heterocycles. The van der Waals surface area contributed by atoms with Crippen LogP contribution < -0.4 is 0 Å². The number of rotatable bonds is 1. The van der Waals surface area contributed by atoms with Crippen molar-refractivity contribution in [3.63, 3.8) is 0 Å². The molecule has 0 aliphatic carbocycles. The van der Waals surface area contributed by atoms with Crippen molar-refractivity contribution in [1.82, 2.24) is 4.40 Å². The number of hydrogen-bond donors (Lipinski definition) is 0. The molecule has 4 aromatic rings.